The number of alkyl halides is 3. The molecule has 0 rings (SSSR count). The van der Waals surface area contributed by atoms with Crippen LogP contribution in [0.25, 0.3) is 0 Å². The first-order chi connectivity index (χ1) is 7.69. The van der Waals surface area contributed by atoms with Gasteiger partial charge in [0.2, 0.25) is 5.91 Å². The summed E-state index contributed by atoms with van der Waals surface area (Å²) in [4.78, 5) is 22.6. The number of carbonyl (C=O) groups is 2. The highest BCUT2D eigenvalue weighted by atomic mass is 19.4. The van der Waals surface area contributed by atoms with Gasteiger partial charge in [-0.1, -0.05) is 13.3 Å². The standard InChI is InChI=1S/C10H16F3NO3/c1-3-4-5-14(6-10(11,12)13)8(15)7(2)9(16)17/h7H,3-6H2,1-2H3,(H,16,17). The number of carbonyl (C=O) groups excluding carboxylic acids is 1. The average Bonchev–Trinajstić information content (AvgIpc) is 2.20. The highest BCUT2D eigenvalue weighted by Crippen LogP contribution is 2.18. The Hall–Kier alpha value is -1.27. The summed E-state index contributed by atoms with van der Waals surface area (Å²) in [6.07, 6.45) is -3.47. The summed E-state index contributed by atoms with van der Waals surface area (Å²) < 4.78 is 36.6. The number of hydrogen-bond donors (Lipinski definition) is 1. The van der Waals surface area contributed by atoms with Crippen LogP contribution in [-0.4, -0.2) is 41.1 Å². The molecule has 0 fully saturated rings. The van der Waals surface area contributed by atoms with Crippen molar-refractivity contribution >= 4 is 11.9 Å². The molecule has 0 radical (unpaired) electrons. The van der Waals surface area contributed by atoms with E-state index in [4.69, 9.17) is 5.11 Å². The fraction of sp³-hybridized carbons (Fsp3) is 0.800. The minimum Gasteiger partial charge on any atom is -0.481 e. The molecule has 1 N–H and O–H groups in total. The lowest BCUT2D eigenvalue weighted by Gasteiger charge is -2.25. The highest BCUT2D eigenvalue weighted by molar-refractivity contribution is 5.96. The van der Waals surface area contributed by atoms with Gasteiger partial charge >= 0.3 is 12.1 Å². The Morgan fingerprint density at radius 2 is 1.88 bits per heavy atom. The summed E-state index contributed by atoms with van der Waals surface area (Å²) in [6, 6.07) is 0. The summed E-state index contributed by atoms with van der Waals surface area (Å²) in [5.74, 6) is -3.86. The van der Waals surface area contributed by atoms with Gasteiger partial charge in [0.05, 0.1) is 0 Å². The van der Waals surface area contributed by atoms with Gasteiger partial charge in [0, 0.05) is 6.54 Å². The van der Waals surface area contributed by atoms with Crippen molar-refractivity contribution < 1.29 is 27.9 Å². The Balaban J connectivity index is 4.67. The van der Waals surface area contributed by atoms with Crippen molar-refractivity contribution in [3.05, 3.63) is 0 Å². The monoisotopic (exact) mass is 255 g/mol. The van der Waals surface area contributed by atoms with Crippen LogP contribution in [0.5, 0.6) is 0 Å². The van der Waals surface area contributed by atoms with Crippen LogP contribution in [0, 0.1) is 5.92 Å². The van der Waals surface area contributed by atoms with Gasteiger partial charge < -0.3 is 10.0 Å². The molecule has 0 aromatic rings. The summed E-state index contributed by atoms with van der Waals surface area (Å²) in [5.41, 5.74) is 0. The number of carboxylic acid groups (broad SMARTS) is 1. The maximum atomic E-state index is 12.2. The van der Waals surface area contributed by atoms with Gasteiger partial charge in [0.1, 0.15) is 12.5 Å². The van der Waals surface area contributed by atoms with Crippen molar-refractivity contribution in [1.82, 2.24) is 4.90 Å². The van der Waals surface area contributed by atoms with Gasteiger partial charge in [0.25, 0.3) is 0 Å². The molecular formula is C10H16F3NO3. The molecule has 1 amide bonds. The number of nitrogens with zero attached hydrogens (tertiary/aromatic N) is 1. The lowest BCUT2D eigenvalue weighted by atomic mass is 10.1. The molecule has 0 aliphatic carbocycles. The van der Waals surface area contributed by atoms with E-state index in [2.05, 4.69) is 0 Å². The molecule has 100 valence electrons. The number of carboxylic acids is 1. The molecule has 4 nitrogen and oxygen atoms in total. The molecule has 0 aromatic heterocycles. The quantitative estimate of drug-likeness (QED) is 0.737. The van der Waals surface area contributed by atoms with Crippen LogP contribution in [-0.2, 0) is 9.59 Å². The first kappa shape index (κ1) is 15.7. The largest absolute Gasteiger partial charge is 0.481 e. The van der Waals surface area contributed by atoms with Gasteiger partial charge in [-0.15, -0.1) is 0 Å². The molecule has 0 aromatic carbocycles. The number of aliphatic carboxylic acids is 1. The summed E-state index contributed by atoms with van der Waals surface area (Å²) >= 11 is 0. The number of halogens is 3. The maximum absolute atomic E-state index is 12.2. The van der Waals surface area contributed by atoms with Gasteiger partial charge in [0.15, 0.2) is 0 Å². The molecule has 7 heteroatoms. The van der Waals surface area contributed by atoms with Crippen LogP contribution in [0.2, 0.25) is 0 Å². The first-order valence-electron chi connectivity index (χ1n) is 5.27. The predicted octanol–water partition coefficient (Wildman–Crippen LogP) is 1.90. The molecule has 1 unspecified atom stereocenters. The Morgan fingerprint density at radius 1 is 1.35 bits per heavy atom. The lowest BCUT2D eigenvalue weighted by Crippen LogP contribution is -2.43. The Labute approximate surface area is 97.4 Å². The Morgan fingerprint density at radius 3 is 2.24 bits per heavy atom. The average molecular weight is 255 g/mol. The van der Waals surface area contributed by atoms with E-state index in [1.54, 1.807) is 6.92 Å². The van der Waals surface area contributed by atoms with Crippen molar-refractivity contribution in [2.24, 2.45) is 5.92 Å². The molecule has 0 saturated carbocycles. The van der Waals surface area contributed by atoms with Crippen molar-refractivity contribution in [3.8, 4) is 0 Å². The number of unbranched alkanes of at least 4 members (excludes halogenated alkanes) is 1. The van der Waals surface area contributed by atoms with E-state index in [0.717, 1.165) is 6.92 Å². The second-order valence-electron chi connectivity index (χ2n) is 3.79. The van der Waals surface area contributed by atoms with Gasteiger partial charge in [-0.3, -0.25) is 9.59 Å². The number of hydrogen-bond acceptors (Lipinski definition) is 2. The SMILES string of the molecule is CCCCN(CC(F)(F)F)C(=O)C(C)C(=O)O. The van der Waals surface area contributed by atoms with Crippen molar-refractivity contribution in [1.29, 1.82) is 0 Å². The summed E-state index contributed by atoms with van der Waals surface area (Å²) in [5, 5.41) is 8.60. The first-order valence-corrected chi connectivity index (χ1v) is 5.27. The van der Waals surface area contributed by atoms with Crippen LogP contribution in [0.3, 0.4) is 0 Å². The van der Waals surface area contributed by atoms with E-state index >= 15 is 0 Å². The maximum Gasteiger partial charge on any atom is 0.406 e. The number of rotatable bonds is 6. The van der Waals surface area contributed by atoms with Gasteiger partial charge in [-0.25, -0.2) is 0 Å². The van der Waals surface area contributed by atoms with E-state index in [9.17, 15) is 22.8 Å². The van der Waals surface area contributed by atoms with Crippen LogP contribution < -0.4 is 0 Å². The fourth-order valence-corrected chi connectivity index (χ4v) is 1.21. The third-order valence-corrected chi connectivity index (χ3v) is 2.20. The zero-order chi connectivity index (χ0) is 13.6. The molecule has 0 aliphatic rings. The molecule has 0 aliphatic heterocycles. The predicted molar refractivity (Wildman–Crippen MR) is 54.3 cm³/mol. The van der Waals surface area contributed by atoms with Crippen molar-refractivity contribution in [3.63, 3.8) is 0 Å². The summed E-state index contributed by atoms with van der Waals surface area (Å²) in [6.45, 7) is 1.38. The second-order valence-corrected chi connectivity index (χ2v) is 3.79. The van der Waals surface area contributed by atoms with Crippen LogP contribution >= 0.6 is 0 Å². The van der Waals surface area contributed by atoms with E-state index < -0.39 is 30.5 Å². The highest BCUT2D eigenvalue weighted by Gasteiger charge is 2.35. The molecule has 1 atom stereocenters. The fourth-order valence-electron chi connectivity index (χ4n) is 1.21. The van der Waals surface area contributed by atoms with Crippen molar-refractivity contribution in [2.45, 2.75) is 32.9 Å². The molecule has 0 bridgehead atoms. The Kier molecular flexibility index (Phi) is 5.98. The normalized spacial score (nSPS) is 13.2. The molecule has 17 heavy (non-hydrogen) atoms. The molecule has 0 saturated heterocycles. The molecular weight excluding hydrogens is 239 g/mol. The second kappa shape index (κ2) is 6.46. The smallest absolute Gasteiger partial charge is 0.406 e. The van der Waals surface area contributed by atoms with Crippen LogP contribution in [0.1, 0.15) is 26.7 Å². The minimum absolute atomic E-state index is 0.0769. The Bertz CT molecular complexity index is 278. The van der Waals surface area contributed by atoms with Gasteiger partial charge in [-0.05, 0) is 13.3 Å². The lowest BCUT2D eigenvalue weighted by molar-refractivity contribution is -0.167. The zero-order valence-electron chi connectivity index (χ0n) is 9.75. The van der Waals surface area contributed by atoms with Crippen LogP contribution in [0.4, 0.5) is 13.2 Å². The zero-order valence-corrected chi connectivity index (χ0v) is 9.75. The van der Waals surface area contributed by atoms with E-state index in [-0.39, 0.29) is 6.54 Å². The van der Waals surface area contributed by atoms with E-state index in [1.807, 2.05) is 0 Å². The van der Waals surface area contributed by atoms with Gasteiger partial charge in [-0.2, -0.15) is 13.2 Å². The summed E-state index contributed by atoms with van der Waals surface area (Å²) in [7, 11) is 0. The van der Waals surface area contributed by atoms with E-state index in [1.165, 1.54) is 0 Å². The minimum atomic E-state index is -4.51. The molecule has 0 spiro atoms. The van der Waals surface area contributed by atoms with Crippen molar-refractivity contribution in [2.75, 3.05) is 13.1 Å². The third kappa shape index (κ3) is 6.13. The number of amides is 1. The molecule has 0 heterocycles. The van der Waals surface area contributed by atoms with Crippen LogP contribution in [0.15, 0.2) is 0 Å². The topological polar surface area (TPSA) is 57.6 Å². The third-order valence-electron chi connectivity index (χ3n) is 2.20. The van der Waals surface area contributed by atoms with E-state index in [0.29, 0.717) is 17.7 Å².